The Kier molecular flexibility index (Phi) is 9.57. The second-order valence-electron chi connectivity index (χ2n) is 10.8. The van der Waals surface area contributed by atoms with Gasteiger partial charge in [-0.2, -0.15) is 13.3 Å². The van der Waals surface area contributed by atoms with Crippen LogP contribution in [0.15, 0.2) is 54.9 Å². The Bertz CT molecular complexity index is 1350. The summed E-state index contributed by atoms with van der Waals surface area (Å²) < 4.78 is 0. The van der Waals surface area contributed by atoms with E-state index in [2.05, 4.69) is 150 Å². The van der Waals surface area contributed by atoms with E-state index in [1.165, 1.54) is 44.8 Å². The number of fused-ring (bicyclic) bond motifs is 1. The molecule has 204 valence electrons. The van der Waals surface area contributed by atoms with E-state index >= 15 is 0 Å². The molecule has 0 unspecified atom stereocenters. The van der Waals surface area contributed by atoms with Gasteiger partial charge in [-0.1, -0.05) is 45.9 Å². The Morgan fingerprint density at radius 1 is 0.795 bits per heavy atom. The predicted octanol–water partition coefficient (Wildman–Crippen LogP) is 8.16. The third kappa shape index (κ3) is 5.87. The van der Waals surface area contributed by atoms with Crippen LogP contribution >= 0.6 is 0 Å². The number of aryl methyl sites for hydroxylation is 2. The number of rotatable bonds is 5. The van der Waals surface area contributed by atoms with Crippen molar-refractivity contribution in [3.63, 3.8) is 0 Å². The molecule has 3 aromatic rings. The molecule has 5 rings (SSSR count). The maximum atomic E-state index is 6.25. The number of anilines is 4. The van der Waals surface area contributed by atoms with Gasteiger partial charge in [0.2, 0.25) is 0 Å². The van der Waals surface area contributed by atoms with Gasteiger partial charge in [0.05, 0.1) is 0 Å². The monoisotopic (exact) mass is 698 g/mol. The van der Waals surface area contributed by atoms with E-state index in [1.54, 1.807) is 0 Å². The quantitative estimate of drug-likeness (QED) is 0.252. The molecule has 2 aliphatic rings. The Morgan fingerprint density at radius 3 is 1.90 bits per heavy atom. The normalized spacial score (nSPS) is 14.1. The molecule has 0 fully saturated rings. The molecule has 2 aliphatic heterocycles. The van der Waals surface area contributed by atoms with Gasteiger partial charge in [-0.3, -0.25) is 0 Å². The van der Waals surface area contributed by atoms with E-state index in [0.29, 0.717) is 11.8 Å². The molecule has 0 bridgehead atoms. The summed E-state index contributed by atoms with van der Waals surface area (Å²) in [6, 6.07) is 19.7. The molecular weight excluding hydrogens is 661 g/mol. The van der Waals surface area contributed by atoms with Crippen molar-refractivity contribution in [1.82, 2.24) is 4.90 Å². The molecule has 6 heteroatoms. The van der Waals surface area contributed by atoms with Gasteiger partial charge in [0.15, 0.2) is 0 Å². The van der Waals surface area contributed by atoms with Crippen LogP contribution in [0, 0.1) is 45.1 Å². The second kappa shape index (κ2) is 12.3. The molecule has 0 radical (unpaired) electrons. The molecule has 0 aliphatic carbocycles. The van der Waals surface area contributed by atoms with Crippen molar-refractivity contribution >= 4 is 22.7 Å². The predicted molar refractivity (Wildman–Crippen MR) is 158 cm³/mol. The maximum absolute atomic E-state index is 6.25. The van der Waals surface area contributed by atoms with Crippen LogP contribution in [-0.4, -0.2) is 19.0 Å². The molecular formula is C33H37N5Pt. The topological polar surface area (TPSA) is 36.8 Å². The number of hydrogen-bond donors (Lipinski definition) is 0. The fraction of sp³-hybridized carbons (Fsp3) is 0.303. The molecule has 0 aromatic heterocycles. The van der Waals surface area contributed by atoms with E-state index in [4.69, 9.17) is 11.8 Å². The summed E-state index contributed by atoms with van der Waals surface area (Å²) in [7, 11) is 4.17. The molecule has 2 heterocycles. The minimum atomic E-state index is 0. The standard InChI is InChI=1S/C32H37N4.CN.Pt/c1-21(2)28-10-9-11-29(22(3)4)32(28)25-16-26(35-13-12-33(7)19-35)18-27(17-25)36-20-34(8)30-14-23(5)24(6)15-31(30)36;1-2;/h9-17,19-22H,1-8H3;;/q-3;-1;+4. The molecule has 5 nitrogen and oxygen atoms in total. The summed E-state index contributed by atoms with van der Waals surface area (Å²) in [5.74, 6) is 0.852. The van der Waals surface area contributed by atoms with Gasteiger partial charge < -0.3 is 31.4 Å². The van der Waals surface area contributed by atoms with Crippen LogP contribution in [0.1, 0.15) is 61.8 Å². The SMILES string of the molecule is Cc1cc2c(cc1C)N(c1[c-]c(N3C=CN(C)[CH-]3)cc(-c3c(C(C)C)cccc3C(C)C)c1)[CH-]N2C.[C-]#N.[Pt+4]. The number of hydrogen-bond acceptors (Lipinski definition) is 5. The van der Waals surface area contributed by atoms with E-state index in [1.807, 2.05) is 0 Å². The molecule has 0 saturated carbocycles. The molecule has 39 heavy (non-hydrogen) atoms. The molecule has 3 aromatic carbocycles. The largest absolute Gasteiger partial charge is 4.00 e. The van der Waals surface area contributed by atoms with Crippen molar-refractivity contribution in [1.29, 1.82) is 5.26 Å². The van der Waals surface area contributed by atoms with Crippen molar-refractivity contribution < 1.29 is 21.1 Å². The zero-order chi connectivity index (χ0) is 27.7. The first kappa shape index (κ1) is 30.3. The van der Waals surface area contributed by atoms with Crippen LogP contribution in [0.4, 0.5) is 22.7 Å². The summed E-state index contributed by atoms with van der Waals surface area (Å²) in [6.45, 7) is 22.5. The van der Waals surface area contributed by atoms with E-state index < -0.39 is 0 Å². The fourth-order valence-electron chi connectivity index (χ4n) is 5.18. The van der Waals surface area contributed by atoms with Crippen molar-refractivity contribution in [2.45, 2.75) is 53.4 Å². The molecule has 0 spiro atoms. The minimum Gasteiger partial charge on any atom is -0.512 e. The summed E-state index contributed by atoms with van der Waals surface area (Å²) in [4.78, 5) is 8.71. The van der Waals surface area contributed by atoms with Crippen LogP contribution in [0.5, 0.6) is 0 Å². The summed E-state index contributed by atoms with van der Waals surface area (Å²) in [6.07, 6.45) is 4.16. The smallest absolute Gasteiger partial charge is 0.512 e. The van der Waals surface area contributed by atoms with Gasteiger partial charge in [0.25, 0.3) is 0 Å². The summed E-state index contributed by atoms with van der Waals surface area (Å²) in [5, 5.41) is 6.25. The van der Waals surface area contributed by atoms with Crippen LogP contribution in [0.25, 0.3) is 11.1 Å². The molecule has 0 N–H and O–H groups in total. The summed E-state index contributed by atoms with van der Waals surface area (Å²) >= 11 is 0. The number of nitrogens with zero attached hydrogens (tertiary/aromatic N) is 5. The van der Waals surface area contributed by atoms with E-state index in [-0.39, 0.29) is 21.1 Å². The van der Waals surface area contributed by atoms with Gasteiger partial charge in [-0.25, -0.2) is 0 Å². The van der Waals surface area contributed by atoms with Crippen molar-refractivity contribution in [2.24, 2.45) is 0 Å². The zero-order valence-electron chi connectivity index (χ0n) is 24.1. The third-order valence-corrected chi connectivity index (χ3v) is 7.33. The Morgan fingerprint density at radius 2 is 1.36 bits per heavy atom. The van der Waals surface area contributed by atoms with Crippen LogP contribution < -0.4 is 14.7 Å². The first-order chi connectivity index (χ1) is 18.1. The van der Waals surface area contributed by atoms with Crippen molar-refractivity contribution in [3.8, 4) is 11.1 Å². The fourth-order valence-corrected chi connectivity index (χ4v) is 5.18. The third-order valence-electron chi connectivity index (χ3n) is 7.33. The average molecular weight is 699 g/mol. The van der Waals surface area contributed by atoms with Crippen LogP contribution in [0.3, 0.4) is 0 Å². The van der Waals surface area contributed by atoms with Crippen LogP contribution in [0.2, 0.25) is 0 Å². The van der Waals surface area contributed by atoms with Crippen molar-refractivity contribution in [2.75, 3.05) is 28.8 Å². The van der Waals surface area contributed by atoms with Gasteiger partial charge in [0, 0.05) is 11.4 Å². The van der Waals surface area contributed by atoms with E-state index in [0.717, 1.165) is 11.4 Å². The molecule has 0 atom stereocenters. The Labute approximate surface area is 249 Å². The molecule has 0 saturated heterocycles. The van der Waals surface area contributed by atoms with Crippen LogP contribution in [-0.2, 0) is 21.1 Å². The number of benzene rings is 3. The molecule has 0 amide bonds. The van der Waals surface area contributed by atoms with Gasteiger partial charge in [0.1, 0.15) is 0 Å². The minimum absolute atomic E-state index is 0. The first-order valence-electron chi connectivity index (χ1n) is 13.1. The Hall–Kier alpha value is -3.22. The first-order valence-corrected chi connectivity index (χ1v) is 13.1. The van der Waals surface area contributed by atoms with E-state index in [9.17, 15) is 0 Å². The Balaban J connectivity index is 0.00000137. The zero-order valence-corrected chi connectivity index (χ0v) is 26.3. The summed E-state index contributed by atoms with van der Waals surface area (Å²) in [5.41, 5.74) is 12.4. The van der Waals surface area contributed by atoms with Gasteiger partial charge in [-0.15, -0.1) is 35.1 Å². The van der Waals surface area contributed by atoms with Crippen molar-refractivity contribution in [3.05, 3.63) is 103 Å². The average Bonchev–Trinajstić information content (AvgIpc) is 3.48. The maximum Gasteiger partial charge on any atom is 4.00 e. The van der Waals surface area contributed by atoms with Gasteiger partial charge in [-0.05, 0) is 92.1 Å². The second-order valence-corrected chi connectivity index (χ2v) is 10.8. The van der Waals surface area contributed by atoms with Gasteiger partial charge >= 0.3 is 21.1 Å².